The quantitative estimate of drug-likeness (QED) is 0.144. The van der Waals surface area contributed by atoms with Gasteiger partial charge in [0.2, 0.25) is 0 Å². The summed E-state index contributed by atoms with van der Waals surface area (Å²) in [6.45, 7) is 17.8. The maximum absolute atomic E-state index is 5.68. The van der Waals surface area contributed by atoms with Crippen LogP contribution in [0.15, 0.2) is 58.2 Å². The van der Waals surface area contributed by atoms with Crippen LogP contribution in [-0.2, 0) is 4.74 Å². The molecule has 0 aromatic heterocycles. The molecule has 1 nitrogen and oxygen atoms in total. The van der Waals surface area contributed by atoms with Gasteiger partial charge in [-0.1, -0.05) is 58.2 Å². The van der Waals surface area contributed by atoms with Gasteiger partial charge >= 0.3 is 0 Å². The van der Waals surface area contributed by atoms with E-state index >= 15 is 0 Å². The van der Waals surface area contributed by atoms with Gasteiger partial charge in [0.1, 0.15) is 0 Å². The molecule has 1 heterocycles. The fraction of sp³-hybridized carbons (Fsp3) is 0.667. The van der Waals surface area contributed by atoms with Crippen LogP contribution < -0.4 is 0 Å². The third-order valence-electron chi connectivity index (χ3n) is 6.27. The van der Waals surface area contributed by atoms with Gasteiger partial charge in [0.25, 0.3) is 0 Å². The van der Waals surface area contributed by atoms with E-state index in [1.54, 1.807) is 0 Å². The summed E-state index contributed by atoms with van der Waals surface area (Å²) in [4.78, 5) is 0. The van der Waals surface area contributed by atoms with E-state index in [0.717, 1.165) is 6.42 Å². The fourth-order valence-electron chi connectivity index (χ4n) is 3.85. The first-order valence-corrected chi connectivity index (χ1v) is 12.5. The van der Waals surface area contributed by atoms with Gasteiger partial charge in [-0.15, -0.1) is 0 Å². The molecule has 1 heteroatoms. The number of rotatable bonds is 15. The van der Waals surface area contributed by atoms with Crippen molar-refractivity contribution in [3.05, 3.63) is 58.2 Å². The third kappa shape index (κ3) is 14.4. The van der Waals surface area contributed by atoms with Crippen molar-refractivity contribution in [3.63, 3.8) is 0 Å². The predicted octanol–water partition coefficient (Wildman–Crippen LogP) is 9.82. The van der Waals surface area contributed by atoms with Gasteiger partial charge in [0, 0.05) is 0 Å². The molecule has 0 spiro atoms. The monoisotopic (exact) mass is 426 g/mol. The molecule has 1 atom stereocenters. The predicted molar refractivity (Wildman–Crippen MR) is 140 cm³/mol. The Bertz CT molecular complexity index is 677. The van der Waals surface area contributed by atoms with E-state index in [1.807, 2.05) is 0 Å². The molecular formula is C30H50O. The minimum absolute atomic E-state index is 0.132. The summed E-state index contributed by atoms with van der Waals surface area (Å²) in [6.07, 6.45) is 24.3. The SMILES string of the molecule is CC(C)=CCC/C(C)=C/CC/C=C(\C)CC/C=C(\C)CC/C=C(\C)CC[C@@H]1OC1(C)C. The molecule has 0 saturated carbocycles. The van der Waals surface area contributed by atoms with Crippen molar-refractivity contribution in [1.29, 1.82) is 0 Å². The van der Waals surface area contributed by atoms with Gasteiger partial charge in [-0.05, 0) is 120 Å². The molecule has 1 aliphatic heterocycles. The summed E-state index contributed by atoms with van der Waals surface area (Å²) in [5, 5.41) is 0. The zero-order valence-electron chi connectivity index (χ0n) is 21.9. The van der Waals surface area contributed by atoms with Crippen molar-refractivity contribution in [3.8, 4) is 0 Å². The second kappa shape index (κ2) is 14.7. The van der Waals surface area contributed by atoms with Crippen LogP contribution in [-0.4, -0.2) is 11.7 Å². The number of unbranched alkanes of at least 4 members (excludes halogenated alkanes) is 1. The van der Waals surface area contributed by atoms with Gasteiger partial charge < -0.3 is 4.74 Å². The smallest absolute Gasteiger partial charge is 0.0892 e. The zero-order valence-corrected chi connectivity index (χ0v) is 21.9. The largest absolute Gasteiger partial charge is 0.367 e. The van der Waals surface area contributed by atoms with E-state index in [1.165, 1.54) is 85.7 Å². The van der Waals surface area contributed by atoms with Crippen molar-refractivity contribution in [1.82, 2.24) is 0 Å². The Morgan fingerprint density at radius 3 is 1.32 bits per heavy atom. The minimum atomic E-state index is 0.132. The summed E-state index contributed by atoms with van der Waals surface area (Å²) in [5.74, 6) is 0. The second-order valence-electron chi connectivity index (χ2n) is 10.4. The van der Waals surface area contributed by atoms with Crippen LogP contribution in [0.5, 0.6) is 0 Å². The number of allylic oxidation sites excluding steroid dienone is 10. The average Bonchev–Trinajstić information content (AvgIpc) is 3.30. The van der Waals surface area contributed by atoms with Crippen LogP contribution in [0.2, 0.25) is 0 Å². The molecule has 0 radical (unpaired) electrons. The number of epoxide rings is 1. The van der Waals surface area contributed by atoms with Crippen LogP contribution >= 0.6 is 0 Å². The Balaban J connectivity index is 2.16. The molecule has 0 N–H and O–H groups in total. The number of hydrogen-bond donors (Lipinski definition) is 0. The molecule has 31 heavy (non-hydrogen) atoms. The zero-order chi connectivity index (χ0) is 23.3. The van der Waals surface area contributed by atoms with E-state index in [-0.39, 0.29) is 5.60 Å². The van der Waals surface area contributed by atoms with Gasteiger partial charge in [-0.25, -0.2) is 0 Å². The summed E-state index contributed by atoms with van der Waals surface area (Å²) in [7, 11) is 0. The van der Waals surface area contributed by atoms with Gasteiger partial charge in [-0.2, -0.15) is 0 Å². The first-order valence-electron chi connectivity index (χ1n) is 12.5. The Hall–Kier alpha value is -1.34. The molecule has 0 aromatic carbocycles. The lowest BCUT2D eigenvalue weighted by atomic mass is 10.0. The molecule has 0 unspecified atom stereocenters. The highest BCUT2D eigenvalue weighted by atomic mass is 16.6. The van der Waals surface area contributed by atoms with E-state index in [9.17, 15) is 0 Å². The summed E-state index contributed by atoms with van der Waals surface area (Å²) >= 11 is 0. The highest BCUT2D eigenvalue weighted by Crippen LogP contribution is 2.38. The number of hydrogen-bond acceptors (Lipinski definition) is 1. The Labute approximate surface area is 194 Å². The van der Waals surface area contributed by atoms with Gasteiger partial charge in [-0.3, -0.25) is 0 Å². The van der Waals surface area contributed by atoms with Crippen molar-refractivity contribution < 1.29 is 4.74 Å². The topological polar surface area (TPSA) is 12.5 Å². The molecule has 1 aliphatic rings. The first kappa shape index (κ1) is 27.7. The summed E-state index contributed by atoms with van der Waals surface area (Å²) < 4.78 is 5.68. The average molecular weight is 427 g/mol. The molecule has 1 saturated heterocycles. The molecule has 1 rings (SSSR count). The lowest BCUT2D eigenvalue weighted by molar-refractivity contribution is 0.320. The summed E-state index contributed by atoms with van der Waals surface area (Å²) in [5.41, 5.74) is 7.65. The third-order valence-corrected chi connectivity index (χ3v) is 6.27. The Morgan fingerprint density at radius 1 is 0.581 bits per heavy atom. The standard InChI is InChI=1S/C30H50O/c1-24(2)14-11-17-25(3)15-9-10-16-26(4)18-12-19-27(5)20-13-21-28(6)22-23-29-30(7,8)31-29/h14-16,19,21,29H,9-13,17-18,20,22-23H2,1-8H3/b25-15+,26-16+,27-19+,28-21+/t29-/m0/s1. The van der Waals surface area contributed by atoms with Crippen molar-refractivity contribution in [2.75, 3.05) is 0 Å². The summed E-state index contributed by atoms with van der Waals surface area (Å²) in [6, 6.07) is 0. The Kier molecular flexibility index (Phi) is 13.1. The van der Waals surface area contributed by atoms with E-state index in [0.29, 0.717) is 6.10 Å². The second-order valence-corrected chi connectivity index (χ2v) is 10.4. The molecule has 1 fully saturated rings. The first-order chi connectivity index (χ1) is 14.6. The molecule has 176 valence electrons. The molecular weight excluding hydrogens is 376 g/mol. The van der Waals surface area contributed by atoms with Crippen molar-refractivity contribution >= 4 is 0 Å². The lowest BCUT2D eigenvalue weighted by Crippen LogP contribution is -2.02. The fourth-order valence-corrected chi connectivity index (χ4v) is 3.85. The molecule has 0 amide bonds. The van der Waals surface area contributed by atoms with Gasteiger partial charge in [0.15, 0.2) is 0 Å². The molecule has 0 bridgehead atoms. The number of ether oxygens (including phenoxy) is 1. The maximum Gasteiger partial charge on any atom is 0.0892 e. The molecule has 0 aromatic rings. The van der Waals surface area contributed by atoms with Crippen LogP contribution in [0.25, 0.3) is 0 Å². The van der Waals surface area contributed by atoms with Crippen LogP contribution in [0, 0.1) is 0 Å². The highest BCUT2D eigenvalue weighted by Gasteiger charge is 2.46. The van der Waals surface area contributed by atoms with Crippen molar-refractivity contribution in [2.24, 2.45) is 0 Å². The minimum Gasteiger partial charge on any atom is -0.367 e. The maximum atomic E-state index is 5.68. The van der Waals surface area contributed by atoms with Crippen molar-refractivity contribution in [2.45, 2.75) is 131 Å². The van der Waals surface area contributed by atoms with E-state index < -0.39 is 0 Å². The van der Waals surface area contributed by atoms with Gasteiger partial charge in [0.05, 0.1) is 11.7 Å². The van der Waals surface area contributed by atoms with Crippen LogP contribution in [0.3, 0.4) is 0 Å². The van der Waals surface area contributed by atoms with E-state index in [2.05, 4.69) is 85.8 Å². The van der Waals surface area contributed by atoms with Crippen LogP contribution in [0.4, 0.5) is 0 Å². The van der Waals surface area contributed by atoms with Crippen LogP contribution in [0.1, 0.15) is 120 Å². The lowest BCUT2D eigenvalue weighted by Gasteiger charge is -2.03. The Morgan fingerprint density at radius 2 is 0.935 bits per heavy atom. The molecule has 0 aliphatic carbocycles. The normalized spacial score (nSPS) is 19.5. The highest BCUT2D eigenvalue weighted by molar-refractivity contribution is 5.08. The van der Waals surface area contributed by atoms with E-state index in [4.69, 9.17) is 4.74 Å².